The summed E-state index contributed by atoms with van der Waals surface area (Å²) in [6, 6.07) is 13.3. The van der Waals surface area contributed by atoms with Crippen LogP contribution in [0, 0.1) is 0 Å². The number of benzene rings is 2. The van der Waals surface area contributed by atoms with E-state index in [2.05, 4.69) is 5.32 Å². The molecule has 2 aromatic rings. The quantitative estimate of drug-likeness (QED) is 0.870. The molecule has 0 saturated carbocycles. The van der Waals surface area contributed by atoms with Gasteiger partial charge in [0.25, 0.3) is 17.7 Å². The zero-order valence-corrected chi connectivity index (χ0v) is 14.2. The average molecular weight is 338 g/mol. The van der Waals surface area contributed by atoms with Gasteiger partial charge in [0.2, 0.25) is 0 Å². The van der Waals surface area contributed by atoms with Gasteiger partial charge in [0.15, 0.2) is 0 Å². The van der Waals surface area contributed by atoms with Crippen molar-refractivity contribution in [3.8, 4) is 0 Å². The van der Waals surface area contributed by atoms with Gasteiger partial charge in [0, 0.05) is 12.8 Å². The zero-order valence-electron chi connectivity index (χ0n) is 14.2. The number of hydrogen-bond donors (Lipinski definition) is 1. The smallest absolute Gasteiger partial charge is 0.266 e. The highest BCUT2D eigenvalue weighted by molar-refractivity contribution is 6.34. The molecule has 0 saturated heterocycles. The number of amides is 3. The summed E-state index contributed by atoms with van der Waals surface area (Å²) in [5, 5.41) is 2.74. The maximum atomic E-state index is 12.5. The monoisotopic (exact) mass is 338 g/mol. The van der Waals surface area contributed by atoms with Crippen LogP contribution in [0.25, 0.3) is 0 Å². The predicted octanol–water partition coefficient (Wildman–Crippen LogP) is 2.85. The molecule has 6 heteroatoms. The third-order valence-corrected chi connectivity index (χ3v) is 4.23. The molecule has 0 aromatic heterocycles. The first-order chi connectivity index (χ1) is 11.8. The second-order valence-corrected chi connectivity index (χ2v) is 6.21. The highest BCUT2D eigenvalue weighted by Gasteiger charge is 2.36. The predicted molar refractivity (Wildman–Crippen MR) is 93.7 cm³/mol. The number of fused-ring (bicyclic) bond motifs is 1. The molecule has 1 aliphatic heterocycles. The second kappa shape index (κ2) is 6.14. The lowest BCUT2D eigenvalue weighted by Crippen LogP contribution is -2.38. The Morgan fingerprint density at radius 2 is 1.48 bits per heavy atom. The molecule has 128 valence electrons. The van der Waals surface area contributed by atoms with E-state index in [1.54, 1.807) is 62.4 Å². The third kappa shape index (κ3) is 2.92. The topological polar surface area (TPSA) is 75.7 Å². The van der Waals surface area contributed by atoms with Gasteiger partial charge in [0.05, 0.1) is 16.8 Å². The van der Waals surface area contributed by atoms with E-state index in [1.807, 2.05) is 0 Å². The van der Waals surface area contributed by atoms with E-state index in [9.17, 15) is 14.4 Å². The number of carbonyl (C=O) groups excluding carboxylic acids is 3. The molecule has 6 nitrogen and oxygen atoms in total. The van der Waals surface area contributed by atoms with Crippen molar-refractivity contribution in [3.63, 3.8) is 0 Å². The van der Waals surface area contributed by atoms with Crippen LogP contribution in [-0.4, -0.2) is 30.4 Å². The van der Waals surface area contributed by atoms with Crippen molar-refractivity contribution in [1.29, 1.82) is 0 Å². The Kier molecular flexibility index (Phi) is 4.14. The van der Waals surface area contributed by atoms with Gasteiger partial charge in [-0.3, -0.25) is 14.4 Å². The Morgan fingerprint density at radius 3 is 1.96 bits per heavy atom. The van der Waals surface area contributed by atoms with Crippen molar-refractivity contribution in [2.75, 3.05) is 17.3 Å². The van der Waals surface area contributed by atoms with Crippen LogP contribution in [-0.2, 0) is 9.53 Å². The van der Waals surface area contributed by atoms with E-state index < -0.39 is 5.60 Å². The van der Waals surface area contributed by atoms with E-state index in [1.165, 1.54) is 7.11 Å². The lowest BCUT2D eigenvalue weighted by molar-refractivity contribution is -0.133. The van der Waals surface area contributed by atoms with Crippen molar-refractivity contribution in [2.24, 2.45) is 0 Å². The molecule has 0 unspecified atom stereocenters. The highest BCUT2D eigenvalue weighted by atomic mass is 16.5. The SMILES string of the molecule is COC(C)(C)C(=O)Nc1ccc(N2C(=O)c3ccccc3C2=O)cc1. The molecule has 25 heavy (non-hydrogen) atoms. The van der Waals surface area contributed by atoms with Gasteiger partial charge in [-0.2, -0.15) is 0 Å². The molecule has 1 heterocycles. The fraction of sp³-hybridized carbons (Fsp3) is 0.211. The van der Waals surface area contributed by atoms with Crippen LogP contribution in [0.3, 0.4) is 0 Å². The van der Waals surface area contributed by atoms with E-state index in [0.29, 0.717) is 22.5 Å². The summed E-state index contributed by atoms with van der Waals surface area (Å²) in [5.74, 6) is -0.987. The van der Waals surface area contributed by atoms with Gasteiger partial charge in [-0.15, -0.1) is 0 Å². The summed E-state index contributed by atoms with van der Waals surface area (Å²) in [7, 11) is 1.46. The molecule has 0 bridgehead atoms. The van der Waals surface area contributed by atoms with Crippen molar-refractivity contribution >= 4 is 29.1 Å². The van der Waals surface area contributed by atoms with E-state index >= 15 is 0 Å². The molecule has 0 atom stereocenters. The lowest BCUT2D eigenvalue weighted by Gasteiger charge is -2.22. The fourth-order valence-electron chi connectivity index (χ4n) is 2.49. The molecule has 1 N–H and O–H groups in total. The van der Waals surface area contributed by atoms with Gasteiger partial charge >= 0.3 is 0 Å². The Hall–Kier alpha value is -2.99. The van der Waals surface area contributed by atoms with Crippen LogP contribution >= 0.6 is 0 Å². The van der Waals surface area contributed by atoms with Gasteiger partial charge in [-0.05, 0) is 50.2 Å². The summed E-state index contributed by atoms with van der Waals surface area (Å²) in [6.07, 6.45) is 0. The second-order valence-electron chi connectivity index (χ2n) is 6.21. The molecular weight excluding hydrogens is 320 g/mol. The summed E-state index contributed by atoms with van der Waals surface area (Å²) in [5.41, 5.74) is 0.838. The Morgan fingerprint density at radius 1 is 0.960 bits per heavy atom. The molecular formula is C19H18N2O4. The number of rotatable bonds is 4. The Bertz CT molecular complexity index is 821. The number of carbonyl (C=O) groups is 3. The average Bonchev–Trinajstić information content (AvgIpc) is 2.87. The summed E-state index contributed by atoms with van der Waals surface area (Å²) in [4.78, 5) is 38.2. The molecule has 0 fully saturated rings. The molecule has 0 aliphatic carbocycles. The lowest BCUT2D eigenvalue weighted by atomic mass is 10.1. The first kappa shape index (κ1) is 16.9. The van der Waals surface area contributed by atoms with Crippen LogP contribution in [0.2, 0.25) is 0 Å². The summed E-state index contributed by atoms with van der Waals surface area (Å²) < 4.78 is 5.13. The van der Waals surface area contributed by atoms with E-state index in [4.69, 9.17) is 4.74 Å². The molecule has 3 rings (SSSR count). The van der Waals surface area contributed by atoms with Gasteiger partial charge in [0.1, 0.15) is 5.60 Å². The number of anilines is 2. The van der Waals surface area contributed by atoms with Crippen molar-refractivity contribution in [1.82, 2.24) is 0 Å². The van der Waals surface area contributed by atoms with Crippen LogP contribution in [0.5, 0.6) is 0 Å². The minimum atomic E-state index is -0.957. The number of imide groups is 1. The fourth-order valence-corrected chi connectivity index (χ4v) is 2.49. The molecule has 0 radical (unpaired) electrons. The number of nitrogens with zero attached hydrogens (tertiary/aromatic N) is 1. The van der Waals surface area contributed by atoms with Crippen LogP contribution in [0.4, 0.5) is 11.4 Å². The summed E-state index contributed by atoms with van der Waals surface area (Å²) in [6.45, 7) is 3.32. The van der Waals surface area contributed by atoms with Crippen LogP contribution < -0.4 is 10.2 Å². The first-order valence-corrected chi connectivity index (χ1v) is 7.79. The number of ether oxygens (including phenoxy) is 1. The molecule has 3 amide bonds. The van der Waals surface area contributed by atoms with Gasteiger partial charge < -0.3 is 10.1 Å². The van der Waals surface area contributed by atoms with Gasteiger partial charge in [-0.25, -0.2) is 4.90 Å². The molecule has 2 aromatic carbocycles. The van der Waals surface area contributed by atoms with Crippen molar-refractivity contribution in [2.45, 2.75) is 19.4 Å². The van der Waals surface area contributed by atoms with Crippen LogP contribution in [0.1, 0.15) is 34.6 Å². The van der Waals surface area contributed by atoms with Gasteiger partial charge in [-0.1, -0.05) is 12.1 Å². The summed E-state index contributed by atoms with van der Waals surface area (Å²) >= 11 is 0. The highest BCUT2D eigenvalue weighted by Crippen LogP contribution is 2.29. The maximum Gasteiger partial charge on any atom is 0.266 e. The number of nitrogens with one attached hydrogen (secondary N) is 1. The molecule has 1 aliphatic rings. The van der Waals surface area contributed by atoms with E-state index in [0.717, 1.165) is 4.90 Å². The normalized spacial score (nSPS) is 13.8. The Labute approximate surface area is 145 Å². The minimum absolute atomic E-state index is 0.288. The number of hydrogen-bond acceptors (Lipinski definition) is 4. The third-order valence-electron chi connectivity index (χ3n) is 4.23. The zero-order chi connectivity index (χ0) is 18.2. The Balaban J connectivity index is 1.81. The number of methoxy groups -OCH3 is 1. The van der Waals surface area contributed by atoms with Crippen molar-refractivity contribution < 1.29 is 19.1 Å². The largest absolute Gasteiger partial charge is 0.369 e. The van der Waals surface area contributed by atoms with Crippen molar-refractivity contribution in [3.05, 3.63) is 59.7 Å². The molecule has 0 spiro atoms. The minimum Gasteiger partial charge on any atom is -0.369 e. The standard InChI is InChI=1S/C19H18N2O4/c1-19(2,25-3)18(24)20-12-8-10-13(11-9-12)21-16(22)14-6-4-5-7-15(14)17(21)23/h4-11H,1-3H3,(H,20,24). The van der Waals surface area contributed by atoms with Crippen LogP contribution in [0.15, 0.2) is 48.5 Å². The van der Waals surface area contributed by atoms with E-state index in [-0.39, 0.29) is 17.7 Å². The maximum absolute atomic E-state index is 12.5. The first-order valence-electron chi connectivity index (χ1n) is 7.79.